The monoisotopic (exact) mass is 453 g/mol. The number of hydrogen-bond donors (Lipinski definition) is 0. The highest BCUT2D eigenvalue weighted by atomic mass is 19.4. The molecule has 1 radical (unpaired) electrons. The Bertz CT molecular complexity index is 951. The Balaban J connectivity index is 2.61. The average molecular weight is 453 g/mol. The fourth-order valence-electron chi connectivity index (χ4n) is 2.70. The van der Waals surface area contributed by atoms with Crippen molar-refractivity contribution < 1.29 is 43.9 Å². The van der Waals surface area contributed by atoms with Gasteiger partial charge in [-0.1, -0.05) is 60.0 Å². The maximum Gasteiger partial charge on any atom is 0.435 e. The van der Waals surface area contributed by atoms with Gasteiger partial charge in [-0.15, -0.1) is 6.58 Å². The first-order valence-corrected chi connectivity index (χ1v) is 8.32. The number of rotatable bonds is 5. The Morgan fingerprint density at radius 2 is 1.23 bits per heavy atom. The molecule has 2 rings (SSSR count). The molecule has 2 aromatic rings. The van der Waals surface area contributed by atoms with E-state index in [2.05, 4.69) is 13.2 Å². The quantitative estimate of drug-likeness (QED) is 0.352. The molecule has 0 aromatic heterocycles. The van der Waals surface area contributed by atoms with Crippen molar-refractivity contribution in [1.82, 2.24) is 0 Å². The van der Waals surface area contributed by atoms with Crippen LogP contribution in [0.1, 0.15) is 22.3 Å². The third-order valence-corrected chi connectivity index (χ3v) is 4.32. The zero-order valence-corrected chi connectivity index (χ0v) is 15.4. The lowest BCUT2D eigenvalue weighted by atomic mass is 9.61. The van der Waals surface area contributed by atoms with Crippen molar-refractivity contribution in [2.24, 2.45) is 0 Å². The Morgan fingerprint density at radius 3 is 1.65 bits per heavy atom. The zero-order chi connectivity index (χ0) is 23.8. The summed E-state index contributed by atoms with van der Waals surface area (Å²) in [7, 11) is 0.828. The van der Waals surface area contributed by atoms with Crippen LogP contribution in [0.15, 0.2) is 55.6 Å². The number of halogens is 10. The Morgan fingerprint density at radius 1 is 0.742 bits per heavy atom. The van der Waals surface area contributed by atoms with Crippen LogP contribution in [0.5, 0.6) is 0 Å². The Hall–Kier alpha value is -2.72. The molecule has 0 nitrogen and oxygen atoms in total. The van der Waals surface area contributed by atoms with Gasteiger partial charge in [-0.05, 0) is 17.2 Å². The summed E-state index contributed by atoms with van der Waals surface area (Å²) in [6.07, 6.45) is -16.9. The third kappa shape index (κ3) is 4.96. The minimum absolute atomic E-state index is 0.0237. The zero-order valence-electron chi connectivity index (χ0n) is 15.4. The van der Waals surface area contributed by atoms with Crippen LogP contribution >= 0.6 is 0 Å². The van der Waals surface area contributed by atoms with Crippen molar-refractivity contribution >= 4 is 24.3 Å². The number of benzene rings is 2. The lowest BCUT2D eigenvalue weighted by Gasteiger charge is -2.31. The van der Waals surface area contributed by atoms with Crippen LogP contribution in [0.2, 0.25) is 0 Å². The molecule has 2 aromatic carbocycles. The van der Waals surface area contributed by atoms with E-state index in [4.69, 9.17) is 0 Å². The standard InChI is InChI=1S/C20H12BF10/c1-3-12-4-6-13(7-5-12)11(2)21-16-9-14(8-15(10-16)18(23,24)25)17(22,19(26,27)28)20(29,30)31/h3-10H,1-2H2. The predicted octanol–water partition coefficient (Wildman–Crippen LogP) is 6.64. The van der Waals surface area contributed by atoms with Crippen LogP contribution in [-0.4, -0.2) is 19.6 Å². The van der Waals surface area contributed by atoms with E-state index in [-0.39, 0.29) is 11.5 Å². The maximum absolute atomic E-state index is 14.4. The second kappa shape index (κ2) is 8.09. The highest BCUT2D eigenvalue weighted by Crippen LogP contribution is 2.53. The minimum atomic E-state index is -6.55. The van der Waals surface area contributed by atoms with E-state index in [1.807, 2.05) is 0 Å². The Labute approximate surface area is 171 Å². The summed E-state index contributed by atoms with van der Waals surface area (Å²) in [6, 6.07) is 5.92. The molecular weight excluding hydrogens is 441 g/mol. The molecular formula is C20H12BF10. The molecule has 0 fully saturated rings. The van der Waals surface area contributed by atoms with Gasteiger partial charge < -0.3 is 0 Å². The molecule has 165 valence electrons. The van der Waals surface area contributed by atoms with Crippen molar-refractivity contribution in [2.75, 3.05) is 0 Å². The number of alkyl halides is 10. The van der Waals surface area contributed by atoms with Gasteiger partial charge in [0.25, 0.3) is 0 Å². The van der Waals surface area contributed by atoms with E-state index in [1.54, 1.807) is 12.1 Å². The van der Waals surface area contributed by atoms with Crippen LogP contribution < -0.4 is 5.46 Å². The molecule has 0 aliphatic rings. The lowest BCUT2D eigenvalue weighted by Crippen LogP contribution is -2.51. The van der Waals surface area contributed by atoms with Gasteiger partial charge in [-0.25, -0.2) is 4.39 Å². The lowest BCUT2D eigenvalue weighted by molar-refractivity contribution is -0.348. The van der Waals surface area contributed by atoms with Crippen LogP contribution in [-0.2, 0) is 11.8 Å². The summed E-state index contributed by atoms with van der Waals surface area (Å²) in [4.78, 5) is 0. The second-order valence-electron chi connectivity index (χ2n) is 6.49. The molecule has 0 bridgehead atoms. The molecule has 0 aliphatic carbocycles. The van der Waals surface area contributed by atoms with Crippen LogP contribution in [0.25, 0.3) is 11.5 Å². The average Bonchev–Trinajstić information content (AvgIpc) is 2.64. The molecule has 0 saturated heterocycles. The molecule has 0 saturated carbocycles. The van der Waals surface area contributed by atoms with Crippen molar-refractivity contribution in [2.45, 2.75) is 24.2 Å². The van der Waals surface area contributed by atoms with Crippen molar-refractivity contribution in [3.8, 4) is 0 Å². The summed E-state index contributed by atoms with van der Waals surface area (Å²) in [5.74, 6) is 0. The van der Waals surface area contributed by atoms with Crippen LogP contribution in [0.3, 0.4) is 0 Å². The van der Waals surface area contributed by atoms with E-state index in [0.29, 0.717) is 17.2 Å². The van der Waals surface area contributed by atoms with E-state index >= 15 is 0 Å². The fourth-order valence-corrected chi connectivity index (χ4v) is 2.70. The first kappa shape index (κ1) is 24.6. The van der Waals surface area contributed by atoms with Gasteiger partial charge in [-0.2, -0.15) is 39.5 Å². The molecule has 31 heavy (non-hydrogen) atoms. The molecule has 0 aliphatic heterocycles. The first-order chi connectivity index (χ1) is 14.0. The minimum Gasteiger partial charge on any atom is -0.218 e. The summed E-state index contributed by atoms with van der Waals surface area (Å²) in [5, 5.41) is 0. The molecule has 0 amide bonds. The van der Waals surface area contributed by atoms with E-state index in [1.165, 1.54) is 18.2 Å². The van der Waals surface area contributed by atoms with E-state index in [0.717, 1.165) is 7.28 Å². The largest absolute Gasteiger partial charge is 0.435 e. The van der Waals surface area contributed by atoms with Gasteiger partial charge in [0.1, 0.15) is 0 Å². The molecule has 0 N–H and O–H groups in total. The fraction of sp³-hybridized carbons (Fsp3) is 0.200. The first-order valence-electron chi connectivity index (χ1n) is 8.32. The molecule has 0 spiro atoms. The predicted molar refractivity (Wildman–Crippen MR) is 97.3 cm³/mol. The summed E-state index contributed by atoms with van der Waals surface area (Å²) < 4.78 is 132. The highest BCUT2D eigenvalue weighted by Gasteiger charge is 2.73. The summed E-state index contributed by atoms with van der Waals surface area (Å²) in [6.45, 7) is 7.08. The Kier molecular flexibility index (Phi) is 6.40. The molecule has 0 unspecified atom stereocenters. The van der Waals surface area contributed by atoms with Gasteiger partial charge in [0, 0.05) is 5.56 Å². The van der Waals surface area contributed by atoms with Crippen LogP contribution in [0, 0.1) is 0 Å². The molecule has 0 atom stereocenters. The van der Waals surface area contributed by atoms with E-state index < -0.39 is 46.9 Å². The van der Waals surface area contributed by atoms with Crippen molar-refractivity contribution in [3.05, 3.63) is 77.9 Å². The normalized spacial score (nSPS) is 13.1. The van der Waals surface area contributed by atoms with Crippen LogP contribution in [0.4, 0.5) is 43.9 Å². The smallest absolute Gasteiger partial charge is 0.218 e. The van der Waals surface area contributed by atoms with Crippen molar-refractivity contribution in [1.29, 1.82) is 0 Å². The molecule has 0 heterocycles. The topological polar surface area (TPSA) is 0 Å². The highest BCUT2D eigenvalue weighted by molar-refractivity contribution is 6.73. The summed E-state index contributed by atoms with van der Waals surface area (Å²) in [5.41, 5.74) is -9.87. The van der Waals surface area contributed by atoms with Gasteiger partial charge in [0.15, 0.2) is 7.28 Å². The van der Waals surface area contributed by atoms with Gasteiger partial charge in [-0.3, -0.25) is 0 Å². The third-order valence-electron chi connectivity index (χ3n) is 4.32. The van der Waals surface area contributed by atoms with Gasteiger partial charge in [0.05, 0.1) is 5.56 Å². The number of hydrogen-bond acceptors (Lipinski definition) is 0. The van der Waals surface area contributed by atoms with Gasteiger partial charge >= 0.3 is 24.2 Å². The summed E-state index contributed by atoms with van der Waals surface area (Å²) >= 11 is 0. The van der Waals surface area contributed by atoms with Crippen molar-refractivity contribution in [3.63, 3.8) is 0 Å². The molecule has 11 heteroatoms. The second-order valence-corrected chi connectivity index (χ2v) is 6.49. The SMILES string of the molecule is C=Cc1ccc(C(=C)[B]c2cc(C(F)(F)F)cc(C(F)(C(F)(F)F)C(F)(F)F)c2)cc1. The van der Waals surface area contributed by atoms with Gasteiger partial charge in [0.2, 0.25) is 0 Å². The van der Waals surface area contributed by atoms with E-state index in [9.17, 15) is 43.9 Å². The maximum atomic E-state index is 14.4.